The van der Waals surface area contributed by atoms with Crippen LogP contribution < -0.4 is 0 Å². The molecule has 0 aliphatic carbocycles. The van der Waals surface area contributed by atoms with Crippen LogP contribution in [0.15, 0.2) is 24.3 Å². The first-order valence-electron chi connectivity index (χ1n) is 8.82. The van der Waals surface area contributed by atoms with Crippen molar-refractivity contribution in [3.05, 3.63) is 24.3 Å². The molecule has 22 heavy (non-hydrogen) atoms. The summed E-state index contributed by atoms with van der Waals surface area (Å²) in [7, 11) is 0. The maximum absolute atomic E-state index is 10.3. The number of aliphatic hydroxyl groups excluding tert-OH is 1. The summed E-state index contributed by atoms with van der Waals surface area (Å²) < 4.78 is 0. The van der Waals surface area contributed by atoms with Gasteiger partial charge in [-0.3, -0.25) is 4.79 Å². The molecule has 3 heteroatoms. The molecule has 0 aliphatic rings. The lowest BCUT2D eigenvalue weighted by atomic mass is 10.0. The normalized spacial score (nSPS) is 13.2. The van der Waals surface area contributed by atoms with Gasteiger partial charge in [0.25, 0.3) is 0 Å². The van der Waals surface area contributed by atoms with Crippen molar-refractivity contribution in [2.24, 2.45) is 0 Å². The molecule has 0 aromatic rings. The standard InChI is InChI=1S/C19H34O3/c1-2-3-4-9-12-15-18(20)16-13-10-7-5-6-8-11-14-17-19(21)22/h2-3,9,12,18,20H,4-8,10-11,13-17H2,1H3,(H,21,22). The molecular weight excluding hydrogens is 276 g/mol. The number of carboxylic acids is 1. The highest BCUT2D eigenvalue weighted by Crippen LogP contribution is 2.12. The van der Waals surface area contributed by atoms with Crippen LogP contribution in [0.4, 0.5) is 0 Å². The van der Waals surface area contributed by atoms with Crippen molar-refractivity contribution in [3.8, 4) is 0 Å². The number of rotatable bonds is 15. The van der Waals surface area contributed by atoms with Gasteiger partial charge in [-0.25, -0.2) is 0 Å². The van der Waals surface area contributed by atoms with E-state index in [0.29, 0.717) is 6.42 Å². The number of aliphatic carboxylic acids is 1. The molecule has 1 unspecified atom stereocenters. The lowest BCUT2D eigenvalue weighted by Gasteiger charge is -2.07. The Morgan fingerprint density at radius 2 is 1.50 bits per heavy atom. The second kappa shape index (κ2) is 16.3. The van der Waals surface area contributed by atoms with Gasteiger partial charge in [-0.2, -0.15) is 0 Å². The van der Waals surface area contributed by atoms with Gasteiger partial charge in [0.05, 0.1) is 6.10 Å². The zero-order valence-corrected chi connectivity index (χ0v) is 14.2. The number of hydrogen-bond acceptors (Lipinski definition) is 2. The predicted molar refractivity (Wildman–Crippen MR) is 93.0 cm³/mol. The summed E-state index contributed by atoms with van der Waals surface area (Å²) in [5.41, 5.74) is 0. The summed E-state index contributed by atoms with van der Waals surface area (Å²) in [6.45, 7) is 2.01. The molecule has 0 radical (unpaired) electrons. The molecule has 0 spiro atoms. The van der Waals surface area contributed by atoms with E-state index >= 15 is 0 Å². The Bertz CT molecular complexity index is 308. The van der Waals surface area contributed by atoms with Gasteiger partial charge in [-0.15, -0.1) is 0 Å². The van der Waals surface area contributed by atoms with Crippen LogP contribution in [0.5, 0.6) is 0 Å². The van der Waals surface area contributed by atoms with Gasteiger partial charge in [0.15, 0.2) is 0 Å². The Kier molecular flexibility index (Phi) is 15.5. The van der Waals surface area contributed by atoms with E-state index in [1.54, 1.807) is 0 Å². The third-order valence-electron chi connectivity index (χ3n) is 3.76. The summed E-state index contributed by atoms with van der Waals surface area (Å²) in [5.74, 6) is -0.685. The predicted octanol–water partition coefficient (Wildman–Crippen LogP) is 5.25. The summed E-state index contributed by atoms with van der Waals surface area (Å²) in [4.78, 5) is 10.3. The second-order valence-electron chi connectivity index (χ2n) is 5.93. The van der Waals surface area contributed by atoms with Crippen LogP contribution in [0.25, 0.3) is 0 Å². The first-order chi connectivity index (χ1) is 10.7. The molecule has 0 amide bonds. The first-order valence-corrected chi connectivity index (χ1v) is 8.82. The van der Waals surface area contributed by atoms with Crippen molar-refractivity contribution in [1.82, 2.24) is 0 Å². The van der Waals surface area contributed by atoms with E-state index < -0.39 is 5.97 Å². The summed E-state index contributed by atoms with van der Waals surface area (Å²) in [5, 5.41) is 18.4. The van der Waals surface area contributed by atoms with Gasteiger partial charge >= 0.3 is 5.97 Å². The minimum absolute atomic E-state index is 0.196. The Morgan fingerprint density at radius 3 is 2.09 bits per heavy atom. The zero-order chi connectivity index (χ0) is 16.5. The minimum atomic E-state index is -0.685. The Balaban J connectivity index is 3.24. The summed E-state index contributed by atoms with van der Waals surface area (Å²) >= 11 is 0. The molecule has 0 rings (SSSR count). The topological polar surface area (TPSA) is 57.5 Å². The molecular formula is C19H34O3. The number of aliphatic hydroxyl groups is 1. The van der Waals surface area contributed by atoms with Crippen molar-refractivity contribution >= 4 is 5.97 Å². The lowest BCUT2D eigenvalue weighted by molar-refractivity contribution is -0.137. The second-order valence-corrected chi connectivity index (χ2v) is 5.93. The van der Waals surface area contributed by atoms with Crippen molar-refractivity contribution in [2.75, 3.05) is 0 Å². The maximum atomic E-state index is 10.3. The number of unbranched alkanes of at least 4 members (excludes halogenated alkanes) is 7. The highest BCUT2D eigenvalue weighted by molar-refractivity contribution is 5.66. The third-order valence-corrected chi connectivity index (χ3v) is 3.76. The van der Waals surface area contributed by atoms with E-state index in [-0.39, 0.29) is 6.10 Å². The Labute approximate surface area is 136 Å². The fraction of sp³-hybridized carbons (Fsp3) is 0.737. The molecule has 0 aromatic carbocycles. The lowest BCUT2D eigenvalue weighted by Crippen LogP contribution is -2.04. The number of allylic oxidation sites excluding steroid dienone is 3. The molecule has 0 bridgehead atoms. The summed E-state index contributed by atoms with van der Waals surface area (Å²) in [6.07, 6.45) is 20.0. The highest BCUT2D eigenvalue weighted by atomic mass is 16.4. The van der Waals surface area contributed by atoms with Crippen LogP contribution in [-0.4, -0.2) is 22.3 Å². The molecule has 2 N–H and O–H groups in total. The van der Waals surface area contributed by atoms with Crippen LogP contribution in [0.2, 0.25) is 0 Å². The zero-order valence-electron chi connectivity index (χ0n) is 14.2. The monoisotopic (exact) mass is 310 g/mol. The van der Waals surface area contributed by atoms with Gasteiger partial charge < -0.3 is 10.2 Å². The van der Waals surface area contributed by atoms with Crippen molar-refractivity contribution in [3.63, 3.8) is 0 Å². The molecule has 0 fully saturated rings. The van der Waals surface area contributed by atoms with E-state index in [9.17, 15) is 9.90 Å². The van der Waals surface area contributed by atoms with Crippen molar-refractivity contribution in [1.29, 1.82) is 0 Å². The average molecular weight is 310 g/mol. The number of hydrogen-bond donors (Lipinski definition) is 2. The van der Waals surface area contributed by atoms with E-state index in [1.807, 2.05) is 13.0 Å². The molecule has 0 aromatic heterocycles. The fourth-order valence-electron chi connectivity index (χ4n) is 2.40. The molecule has 1 atom stereocenters. The van der Waals surface area contributed by atoms with Gasteiger partial charge in [0, 0.05) is 6.42 Å². The molecule has 0 aliphatic heterocycles. The van der Waals surface area contributed by atoms with Crippen LogP contribution in [0.3, 0.4) is 0 Å². The van der Waals surface area contributed by atoms with Gasteiger partial charge in [0.2, 0.25) is 0 Å². The molecule has 0 saturated heterocycles. The summed E-state index contributed by atoms with van der Waals surface area (Å²) in [6, 6.07) is 0. The molecule has 0 saturated carbocycles. The number of carbonyl (C=O) groups is 1. The largest absolute Gasteiger partial charge is 0.481 e. The quantitative estimate of drug-likeness (QED) is 0.321. The third kappa shape index (κ3) is 17.0. The van der Waals surface area contributed by atoms with Crippen molar-refractivity contribution < 1.29 is 15.0 Å². The minimum Gasteiger partial charge on any atom is -0.481 e. The molecule has 128 valence electrons. The van der Waals surface area contributed by atoms with Gasteiger partial charge in [0.1, 0.15) is 0 Å². The maximum Gasteiger partial charge on any atom is 0.303 e. The van der Waals surface area contributed by atoms with E-state index in [2.05, 4.69) is 18.2 Å². The number of carboxylic acid groups (broad SMARTS) is 1. The van der Waals surface area contributed by atoms with Crippen LogP contribution in [-0.2, 0) is 4.79 Å². The van der Waals surface area contributed by atoms with Crippen LogP contribution >= 0.6 is 0 Å². The SMILES string of the molecule is CC=CCC=CCC(O)CCCCCCCCCCC(=O)O. The van der Waals surface area contributed by atoms with E-state index in [0.717, 1.165) is 44.9 Å². The molecule has 0 heterocycles. The first kappa shape index (κ1) is 20.9. The smallest absolute Gasteiger partial charge is 0.303 e. The molecule has 3 nitrogen and oxygen atoms in total. The van der Waals surface area contributed by atoms with Gasteiger partial charge in [-0.1, -0.05) is 69.2 Å². The Hall–Kier alpha value is -1.09. The van der Waals surface area contributed by atoms with Crippen LogP contribution in [0.1, 0.15) is 84.0 Å². The average Bonchev–Trinajstić information content (AvgIpc) is 2.48. The van der Waals surface area contributed by atoms with E-state index in [4.69, 9.17) is 5.11 Å². The van der Waals surface area contributed by atoms with Crippen LogP contribution in [0, 0.1) is 0 Å². The van der Waals surface area contributed by atoms with E-state index in [1.165, 1.54) is 25.7 Å². The van der Waals surface area contributed by atoms with Gasteiger partial charge in [-0.05, 0) is 32.6 Å². The highest BCUT2D eigenvalue weighted by Gasteiger charge is 2.01. The Morgan fingerprint density at radius 1 is 0.909 bits per heavy atom. The van der Waals surface area contributed by atoms with Crippen molar-refractivity contribution in [2.45, 2.75) is 90.1 Å². The fourth-order valence-corrected chi connectivity index (χ4v) is 2.40.